The van der Waals surface area contributed by atoms with Crippen molar-refractivity contribution in [2.75, 3.05) is 51.1 Å². The fraction of sp³-hybridized carbons (Fsp3) is 1.00. The molecule has 1 rings (SSSR count). The predicted molar refractivity (Wildman–Crippen MR) is 82.3 cm³/mol. The second-order valence-electron chi connectivity index (χ2n) is 5.88. The van der Waals surface area contributed by atoms with Crippen LogP contribution in [0.2, 0.25) is 4.18 Å². The van der Waals surface area contributed by atoms with Gasteiger partial charge in [-0.2, -0.15) is 0 Å². The van der Waals surface area contributed by atoms with Crippen molar-refractivity contribution in [1.82, 2.24) is 12.7 Å². The Morgan fingerprint density at radius 3 is 2.50 bits per heavy atom. The Balaban J connectivity index is 2.28. The summed E-state index contributed by atoms with van der Waals surface area (Å²) in [6.07, 6.45) is 4.19. The minimum atomic E-state index is -1.40. The van der Waals surface area contributed by atoms with Gasteiger partial charge in [-0.1, -0.05) is 0 Å². The van der Waals surface area contributed by atoms with Crippen molar-refractivity contribution in [2.45, 2.75) is 37.3 Å². The molecule has 0 N–H and O–H groups in total. The number of likely N-dealkylation sites (N-methyl/N-ethyl adjacent to an activating group) is 1. The zero-order chi connectivity index (χ0) is 13.4. The van der Waals surface area contributed by atoms with E-state index in [-0.39, 0.29) is 0 Å². The minimum absolute atomic E-state index is 1.27. The molecule has 0 aromatic heterocycles. The van der Waals surface area contributed by atoms with Crippen molar-refractivity contribution in [1.29, 1.82) is 0 Å². The van der Waals surface area contributed by atoms with Crippen molar-refractivity contribution < 1.29 is 0 Å². The average molecular weight is 357 g/mol. The van der Waals surface area contributed by atoms with Crippen LogP contribution in [0.25, 0.3) is 0 Å². The van der Waals surface area contributed by atoms with Gasteiger partial charge in [-0.15, -0.1) is 0 Å². The Labute approximate surface area is 122 Å². The first-order valence-corrected chi connectivity index (χ1v) is 13.9. The second-order valence-corrected chi connectivity index (χ2v) is 14.4. The summed E-state index contributed by atoms with van der Waals surface area (Å²) in [7, 11) is 4.37. The third-order valence-corrected chi connectivity index (χ3v) is 14.5. The molecule has 0 bridgehead atoms. The van der Waals surface area contributed by atoms with Crippen LogP contribution in [0.3, 0.4) is 0 Å². The zero-order valence-corrected chi connectivity index (χ0v) is 16.3. The summed E-state index contributed by atoms with van der Waals surface area (Å²) in [4.78, 5) is 5.07. The molecule has 1 aliphatic rings. The van der Waals surface area contributed by atoms with Gasteiger partial charge >= 0.3 is 123 Å². The van der Waals surface area contributed by atoms with Gasteiger partial charge < -0.3 is 0 Å². The molecule has 0 aliphatic carbocycles. The van der Waals surface area contributed by atoms with Crippen LogP contribution in [0.15, 0.2) is 0 Å². The monoisotopic (exact) mass is 357 g/mol. The van der Waals surface area contributed by atoms with Gasteiger partial charge in [0.1, 0.15) is 0 Å². The summed E-state index contributed by atoms with van der Waals surface area (Å²) in [6, 6.07) is 0. The summed E-state index contributed by atoms with van der Waals surface area (Å²) in [6.45, 7) is 11.3. The Hall–Kier alpha value is 0.750. The van der Waals surface area contributed by atoms with E-state index in [1.54, 1.807) is 4.18 Å². The molecule has 1 aliphatic heterocycles. The Morgan fingerprint density at radius 1 is 1.11 bits per heavy atom. The Morgan fingerprint density at radius 2 is 1.89 bits per heavy atom. The predicted octanol–water partition coefficient (Wildman–Crippen LogP) is 1.91. The van der Waals surface area contributed by atoms with E-state index in [1.807, 2.05) is 0 Å². The van der Waals surface area contributed by atoms with E-state index in [0.717, 1.165) is 0 Å². The van der Waals surface area contributed by atoms with Crippen LogP contribution < -0.4 is 0 Å². The maximum absolute atomic E-state index is 2.89. The van der Waals surface area contributed by atoms with Gasteiger partial charge in [0.05, 0.1) is 0 Å². The van der Waals surface area contributed by atoms with Crippen molar-refractivity contribution in [3.63, 3.8) is 0 Å². The zero-order valence-electron chi connectivity index (χ0n) is 13.0. The summed E-state index contributed by atoms with van der Waals surface area (Å²) in [5.74, 6) is 0. The van der Waals surface area contributed by atoms with Crippen LogP contribution in [0.1, 0.15) is 33.1 Å². The van der Waals surface area contributed by atoms with E-state index in [4.69, 9.17) is 0 Å². The van der Waals surface area contributed by atoms with Crippen LogP contribution in [-0.2, 0) is 0 Å². The van der Waals surface area contributed by atoms with Crippen molar-refractivity contribution >= 4 is 21.7 Å². The maximum atomic E-state index is 2.89. The van der Waals surface area contributed by atoms with Crippen molar-refractivity contribution in [3.05, 3.63) is 0 Å². The van der Waals surface area contributed by atoms with E-state index in [9.17, 15) is 0 Å². The van der Waals surface area contributed by atoms with Gasteiger partial charge in [-0.05, 0) is 0 Å². The van der Waals surface area contributed by atoms with Gasteiger partial charge in [-0.3, -0.25) is 0 Å². The van der Waals surface area contributed by atoms with Gasteiger partial charge in [0.2, 0.25) is 0 Å². The van der Waals surface area contributed by atoms with Gasteiger partial charge in [0.25, 0.3) is 0 Å². The number of rotatable bonds is 8. The molecule has 106 valence electrons. The fourth-order valence-electron chi connectivity index (χ4n) is 2.97. The van der Waals surface area contributed by atoms with E-state index in [1.165, 1.54) is 56.3 Å². The average Bonchev–Trinajstić information content (AvgIpc) is 2.35. The van der Waals surface area contributed by atoms with Crippen molar-refractivity contribution in [3.8, 4) is 0 Å². The molecular formula is C14H32InN3. The number of hydrogen-bond acceptors (Lipinski definition) is 3. The summed E-state index contributed by atoms with van der Waals surface area (Å²) < 4.78 is 5.98. The van der Waals surface area contributed by atoms with Gasteiger partial charge in [0.15, 0.2) is 0 Å². The first kappa shape index (κ1) is 16.8. The van der Waals surface area contributed by atoms with E-state index < -0.39 is 21.7 Å². The van der Waals surface area contributed by atoms with Crippen molar-refractivity contribution in [2.24, 2.45) is 0 Å². The summed E-state index contributed by atoms with van der Waals surface area (Å²) in [5.41, 5.74) is 0. The molecule has 1 fully saturated rings. The Kier molecular flexibility index (Phi) is 8.98. The van der Waals surface area contributed by atoms with Crippen LogP contribution in [0.5, 0.6) is 0 Å². The quantitative estimate of drug-likeness (QED) is 0.615. The molecule has 0 aromatic carbocycles. The number of hydrogen-bond donors (Lipinski definition) is 0. The molecule has 0 unspecified atom stereocenters. The molecule has 0 saturated carbocycles. The van der Waals surface area contributed by atoms with E-state index in [2.05, 4.69) is 40.6 Å². The molecule has 18 heavy (non-hydrogen) atoms. The molecule has 1 saturated heterocycles. The number of nitrogens with zero attached hydrogens (tertiary/aromatic N) is 3. The van der Waals surface area contributed by atoms with Gasteiger partial charge in [-0.25, -0.2) is 0 Å². The van der Waals surface area contributed by atoms with Crippen LogP contribution in [0, 0.1) is 0 Å². The molecule has 4 heteroatoms. The van der Waals surface area contributed by atoms with Crippen LogP contribution >= 0.6 is 0 Å². The molecule has 0 spiro atoms. The summed E-state index contributed by atoms with van der Waals surface area (Å²) >= 11 is -1.40. The molecule has 0 atom stereocenters. The third-order valence-electron chi connectivity index (χ3n) is 4.03. The standard InChI is InChI=1S/C8H18N2.C6H14N.In/c1-4-7-10(3)8-6-9-5-2;1-4-5-6-7(2)3;/h3-8H2,1-2H3;1,4-6H2,2-3H3;/q-1;;+1. The topological polar surface area (TPSA) is 9.72 Å². The second kappa shape index (κ2) is 9.62. The van der Waals surface area contributed by atoms with Crippen LogP contribution in [0.4, 0.5) is 0 Å². The molecule has 0 aromatic rings. The molecule has 0 radical (unpaired) electrons. The molecule has 3 nitrogen and oxygen atoms in total. The fourth-order valence-corrected chi connectivity index (χ4v) is 13.0. The Bertz CT molecular complexity index is 211. The SMILES string of the molecule is CCCN1CC[N](CC)[In]([CH2]CCCN(C)C)[CH2]1. The molecule has 1 heterocycles. The molecule has 0 amide bonds. The number of unbranched alkanes of at least 4 members (excludes halogenated alkanes) is 1. The normalized spacial score (nSPS) is 18.8. The third kappa shape index (κ3) is 6.27. The van der Waals surface area contributed by atoms with Gasteiger partial charge in [0, 0.05) is 0 Å². The van der Waals surface area contributed by atoms with E-state index >= 15 is 0 Å². The first-order valence-electron chi connectivity index (χ1n) is 7.78. The van der Waals surface area contributed by atoms with E-state index in [0.29, 0.717) is 0 Å². The molecular weight excluding hydrogens is 325 g/mol. The van der Waals surface area contributed by atoms with Crippen LogP contribution in [-0.4, -0.2) is 85.5 Å². The summed E-state index contributed by atoms with van der Waals surface area (Å²) in [5, 5.41) is 0. The first-order chi connectivity index (χ1) is 8.67.